The Hall–Kier alpha value is -3.46. The van der Waals surface area contributed by atoms with Crippen LogP contribution in [-0.4, -0.2) is 50.1 Å². The van der Waals surface area contributed by atoms with Gasteiger partial charge in [-0.1, -0.05) is 41.7 Å². The quantitative estimate of drug-likeness (QED) is 0.204. The van der Waals surface area contributed by atoms with E-state index in [9.17, 15) is 9.59 Å². The summed E-state index contributed by atoms with van der Waals surface area (Å²) >= 11 is 1.41. The molecule has 0 radical (unpaired) electrons. The molecular formula is C27H26ClN3O4S. The van der Waals surface area contributed by atoms with Gasteiger partial charge in [0.15, 0.2) is 5.13 Å². The molecule has 2 aromatic heterocycles. The van der Waals surface area contributed by atoms with E-state index >= 15 is 0 Å². The van der Waals surface area contributed by atoms with E-state index < -0.39 is 11.5 Å². The van der Waals surface area contributed by atoms with E-state index in [2.05, 4.69) is 4.90 Å². The van der Waals surface area contributed by atoms with Crippen LogP contribution < -0.4 is 15.3 Å². The van der Waals surface area contributed by atoms with Crippen molar-refractivity contribution in [2.45, 2.75) is 6.42 Å². The summed E-state index contributed by atoms with van der Waals surface area (Å²) in [5.41, 5.74) is 0.538. The van der Waals surface area contributed by atoms with Gasteiger partial charge in [0, 0.05) is 18.0 Å². The Morgan fingerprint density at radius 3 is 2.61 bits per heavy atom. The first-order valence-electron chi connectivity index (χ1n) is 11.3. The number of carbonyl (C=O) groups excluding carboxylic acids is 1. The molecule has 0 aliphatic rings. The van der Waals surface area contributed by atoms with Crippen molar-refractivity contribution < 1.29 is 13.9 Å². The Morgan fingerprint density at radius 1 is 1.03 bits per heavy atom. The lowest BCUT2D eigenvalue weighted by atomic mass is 10.0. The minimum Gasteiger partial charge on any atom is -0.497 e. The number of ether oxygens (including phenoxy) is 1. The Kier molecular flexibility index (Phi) is 7.59. The first-order valence-corrected chi connectivity index (χ1v) is 12.1. The van der Waals surface area contributed by atoms with Crippen molar-refractivity contribution in [3.05, 3.63) is 76.6 Å². The second-order valence-corrected chi connectivity index (χ2v) is 9.60. The average molecular weight is 524 g/mol. The van der Waals surface area contributed by atoms with Gasteiger partial charge in [-0.2, -0.15) is 0 Å². The molecule has 0 atom stereocenters. The van der Waals surface area contributed by atoms with Crippen LogP contribution in [0.3, 0.4) is 0 Å². The smallest absolute Gasteiger partial charge is 0.349 e. The lowest BCUT2D eigenvalue weighted by Gasteiger charge is -2.20. The third-order valence-corrected chi connectivity index (χ3v) is 6.98. The number of carbonyl (C=O) groups is 1. The number of benzene rings is 3. The topological polar surface area (TPSA) is 75.9 Å². The van der Waals surface area contributed by atoms with Crippen molar-refractivity contribution in [2.75, 3.05) is 39.2 Å². The minimum absolute atomic E-state index is 0. The number of nitrogens with zero attached hydrogens (tertiary/aromatic N) is 3. The van der Waals surface area contributed by atoms with Crippen molar-refractivity contribution >= 4 is 66.7 Å². The van der Waals surface area contributed by atoms with Crippen LogP contribution in [0.2, 0.25) is 0 Å². The van der Waals surface area contributed by atoms with Gasteiger partial charge in [0.05, 0.1) is 17.3 Å². The molecule has 0 saturated carbocycles. The van der Waals surface area contributed by atoms with Gasteiger partial charge in [0.25, 0.3) is 5.91 Å². The zero-order valence-electron chi connectivity index (χ0n) is 20.2. The van der Waals surface area contributed by atoms with Crippen LogP contribution in [0, 0.1) is 0 Å². The second kappa shape index (κ2) is 10.7. The maximum atomic E-state index is 13.8. The molecule has 0 saturated heterocycles. The highest BCUT2D eigenvalue weighted by Crippen LogP contribution is 2.32. The molecule has 7 nitrogen and oxygen atoms in total. The summed E-state index contributed by atoms with van der Waals surface area (Å²) in [6.45, 7) is 1.21. The van der Waals surface area contributed by atoms with Gasteiger partial charge in [-0.15, -0.1) is 12.4 Å². The van der Waals surface area contributed by atoms with E-state index in [4.69, 9.17) is 14.1 Å². The van der Waals surface area contributed by atoms with E-state index in [1.54, 1.807) is 24.1 Å². The van der Waals surface area contributed by atoms with Crippen LogP contribution >= 0.6 is 23.7 Å². The van der Waals surface area contributed by atoms with Crippen LogP contribution in [0.5, 0.6) is 5.75 Å². The Morgan fingerprint density at radius 2 is 1.83 bits per heavy atom. The lowest BCUT2D eigenvalue weighted by Crippen LogP contribution is -2.36. The monoisotopic (exact) mass is 523 g/mol. The van der Waals surface area contributed by atoms with Gasteiger partial charge in [0.2, 0.25) is 0 Å². The Labute approximate surface area is 218 Å². The van der Waals surface area contributed by atoms with Gasteiger partial charge < -0.3 is 14.1 Å². The zero-order chi connectivity index (χ0) is 24.5. The average Bonchev–Trinajstić information content (AvgIpc) is 3.28. The summed E-state index contributed by atoms with van der Waals surface area (Å²) in [5, 5.41) is 3.20. The summed E-state index contributed by atoms with van der Waals surface area (Å²) in [6, 6.07) is 18.8. The molecule has 36 heavy (non-hydrogen) atoms. The fourth-order valence-corrected chi connectivity index (χ4v) is 5.10. The molecule has 2 heterocycles. The van der Waals surface area contributed by atoms with Crippen molar-refractivity contribution in [1.82, 2.24) is 9.88 Å². The first-order chi connectivity index (χ1) is 16.9. The van der Waals surface area contributed by atoms with Crippen LogP contribution in [0.15, 0.2) is 69.9 Å². The van der Waals surface area contributed by atoms with E-state index in [0.717, 1.165) is 39.3 Å². The Balaban J connectivity index is 0.00000304. The summed E-state index contributed by atoms with van der Waals surface area (Å²) in [5.74, 6) is 0.278. The van der Waals surface area contributed by atoms with E-state index in [-0.39, 0.29) is 18.0 Å². The highest BCUT2D eigenvalue weighted by atomic mass is 35.5. The highest BCUT2D eigenvalue weighted by molar-refractivity contribution is 7.22. The molecule has 186 valence electrons. The number of fused-ring (bicyclic) bond motifs is 4. The van der Waals surface area contributed by atoms with Gasteiger partial charge in [-0.25, -0.2) is 9.78 Å². The zero-order valence-corrected chi connectivity index (χ0v) is 21.8. The number of hydrogen-bond acceptors (Lipinski definition) is 7. The summed E-state index contributed by atoms with van der Waals surface area (Å²) in [4.78, 5) is 35.1. The van der Waals surface area contributed by atoms with Gasteiger partial charge in [-0.05, 0) is 62.1 Å². The van der Waals surface area contributed by atoms with Crippen LogP contribution in [0.4, 0.5) is 5.13 Å². The number of hydrogen-bond donors (Lipinski definition) is 0. The number of thiazole rings is 1. The van der Waals surface area contributed by atoms with Crippen LogP contribution in [-0.2, 0) is 0 Å². The summed E-state index contributed by atoms with van der Waals surface area (Å²) in [7, 11) is 5.58. The molecule has 5 aromatic rings. The highest BCUT2D eigenvalue weighted by Gasteiger charge is 2.25. The third kappa shape index (κ3) is 4.93. The number of halogens is 1. The molecule has 0 aliphatic heterocycles. The summed E-state index contributed by atoms with van der Waals surface area (Å²) < 4.78 is 11.8. The number of aromatic nitrogens is 1. The number of rotatable bonds is 7. The maximum absolute atomic E-state index is 13.8. The molecule has 1 amide bonds. The van der Waals surface area contributed by atoms with Crippen molar-refractivity contribution in [1.29, 1.82) is 0 Å². The minimum atomic E-state index is -0.654. The molecule has 5 rings (SSSR count). The van der Waals surface area contributed by atoms with E-state index in [1.165, 1.54) is 11.3 Å². The lowest BCUT2D eigenvalue weighted by molar-refractivity contribution is 0.0982. The summed E-state index contributed by atoms with van der Waals surface area (Å²) in [6.07, 6.45) is 0.722. The SMILES string of the molecule is COc1ccc2sc(N(CCCN(C)C)C(=O)c3cc4c(ccc5ccccc54)oc3=O)nc2c1.Cl. The first kappa shape index (κ1) is 25.6. The molecule has 0 fully saturated rings. The molecule has 0 bridgehead atoms. The molecule has 9 heteroatoms. The van der Waals surface area contributed by atoms with Crippen molar-refractivity contribution in [2.24, 2.45) is 0 Å². The predicted molar refractivity (Wildman–Crippen MR) is 148 cm³/mol. The fourth-order valence-electron chi connectivity index (χ4n) is 4.13. The number of anilines is 1. The molecule has 0 unspecified atom stereocenters. The molecule has 0 N–H and O–H groups in total. The maximum Gasteiger partial charge on any atom is 0.349 e. The fraction of sp³-hybridized carbons (Fsp3) is 0.222. The molecule has 3 aromatic carbocycles. The van der Waals surface area contributed by atoms with Crippen LogP contribution in [0.1, 0.15) is 16.8 Å². The second-order valence-electron chi connectivity index (χ2n) is 8.59. The normalized spacial score (nSPS) is 11.2. The van der Waals surface area contributed by atoms with Crippen LogP contribution in [0.25, 0.3) is 32.0 Å². The largest absolute Gasteiger partial charge is 0.497 e. The third-order valence-electron chi connectivity index (χ3n) is 5.92. The number of methoxy groups -OCH3 is 1. The molecular weight excluding hydrogens is 498 g/mol. The standard InChI is InChI=1S/C27H25N3O4S.ClH/c1-29(2)13-6-14-30(27-28-22-15-18(33-3)10-12-24(22)35-27)25(31)21-16-20-19-8-5-4-7-17(19)9-11-23(20)34-26(21)32;/h4-5,7-12,15-16H,6,13-14H2,1-3H3;1H. The van der Waals surface area contributed by atoms with Crippen molar-refractivity contribution in [3.8, 4) is 5.75 Å². The van der Waals surface area contributed by atoms with E-state index in [0.29, 0.717) is 23.0 Å². The molecule has 0 spiro atoms. The Bertz CT molecular complexity index is 1610. The van der Waals surface area contributed by atoms with Gasteiger partial charge in [0.1, 0.15) is 16.9 Å². The molecule has 0 aliphatic carbocycles. The van der Waals surface area contributed by atoms with Gasteiger partial charge in [-0.3, -0.25) is 9.69 Å². The predicted octanol–water partition coefficient (Wildman–Crippen LogP) is 5.58. The van der Waals surface area contributed by atoms with Gasteiger partial charge >= 0.3 is 5.63 Å². The van der Waals surface area contributed by atoms with Crippen molar-refractivity contribution in [3.63, 3.8) is 0 Å². The number of amides is 1. The van der Waals surface area contributed by atoms with E-state index in [1.807, 2.05) is 62.6 Å².